The molecule has 2 aliphatic heterocycles. The van der Waals surface area contributed by atoms with Crippen LogP contribution in [0.5, 0.6) is 11.5 Å². The number of piperidine rings is 1. The predicted octanol–water partition coefficient (Wildman–Crippen LogP) is 0.837. The van der Waals surface area contributed by atoms with E-state index in [1.54, 1.807) is 7.05 Å². The first-order valence-corrected chi connectivity index (χ1v) is 9.33. The van der Waals surface area contributed by atoms with Crippen molar-refractivity contribution in [2.24, 2.45) is 5.92 Å². The highest BCUT2D eigenvalue weighted by atomic mass is 16.6. The third kappa shape index (κ3) is 4.43. The van der Waals surface area contributed by atoms with Crippen molar-refractivity contribution in [1.82, 2.24) is 15.1 Å². The van der Waals surface area contributed by atoms with Gasteiger partial charge in [0.1, 0.15) is 6.61 Å². The number of rotatable bonds is 5. The molecule has 2 unspecified atom stereocenters. The first-order chi connectivity index (χ1) is 13.2. The maximum Gasteiger partial charge on any atom is 0.204 e. The Morgan fingerprint density at radius 1 is 1.41 bits per heavy atom. The molecule has 1 aromatic rings. The number of fused-ring (bicyclic) bond motifs is 1. The van der Waals surface area contributed by atoms with Gasteiger partial charge in [-0.2, -0.15) is 5.26 Å². The summed E-state index contributed by atoms with van der Waals surface area (Å²) in [5.41, 5.74) is 0. The lowest BCUT2D eigenvalue weighted by Gasteiger charge is -2.41. The van der Waals surface area contributed by atoms with Gasteiger partial charge in [-0.3, -0.25) is 10.3 Å². The number of ether oxygens (including phenoxy) is 2. The van der Waals surface area contributed by atoms with Crippen LogP contribution >= 0.6 is 0 Å². The lowest BCUT2D eigenvalue weighted by Crippen LogP contribution is -2.54. The van der Waals surface area contributed by atoms with E-state index in [1.807, 2.05) is 24.3 Å². The van der Waals surface area contributed by atoms with Crippen LogP contribution in [0, 0.1) is 22.8 Å². The molecule has 0 aromatic heterocycles. The topological polar surface area (TPSA) is 105 Å². The summed E-state index contributed by atoms with van der Waals surface area (Å²) in [7, 11) is 1.64. The standard InChI is InChI=1S/C19H27N5O3/c1-22-19(21)24(13-20)10-14-6-8-23(9-7-14)15(11-25)18-12-26-16-4-2-3-5-17(16)27-18/h2-5,14-15,18,25H,6-12H2,1H3,(H2,21,22). The molecule has 0 bridgehead atoms. The summed E-state index contributed by atoms with van der Waals surface area (Å²) < 4.78 is 11.9. The molecule has 3 rings (SSSR count). The summed E-state index contributed by atoms with van der Waals surface area (Å²) in [5, 5.41) is 29.6. The molecular weight excluding hydrogens is 346 g/mol. The van der Waals surface area contributed by atoms with Gasteiger partial charge in [0.15, 0.2) is 23.8 Å². The Bertz CT molecular complexity index is 684. The minimum atomic E-state index is -0.213. The van der Waals surface area contributed by atoms with Crippen molar-refractivity contribution >= 4 is 5.96 Å². The fourth-order valence-corrected chi connectivity index (χ4v) is 3.74. The van der Waals surface area contributed by atoms with Crippen molar-refractivity contribution in [3.63, 3.8) is 0 Å². The van der Waals surface area contributed by atoms with E-state index in [4.69, 9.17) is 14.9 Å². The molecule has 1 saturated heterocycles. The second-order valence-electron chi connectivity index (χ2n) is 6.95. The Balaban J connectivity index is 1.55. The van der Waals surface area contributed by atoms with E-state index in [9.17, 15) is 10.4 Å². The number of guanidine groups is 1. The van der Waals surface area contributed by atoms with E-state index in [1.165, 1.54) is 4.90 Å². The maximum atomic E-state index is 9.97. The van der Waals surface area contributed by atoms with Gasteiger partial charge >= 0.3 is 0 Å². The Morgan fingerprint density at radius 2 is 2.11 bits per heavy atom. The molecule has 0 spiro atoms. The van der Waals surface area contributed by atoms with Crippen LogP contribution in [0.2, 0.25) is 0 Å². The van der Waals surface area contributed by atoms with Crippen LogP contribution in [0.1, 0.15) is 12.8 Å². The molecule has 2 heterocycles. The van der Waals surface area contributed by atoms with Crippen molar-refractivity contribution in [2.75, 3.05) is 39.9 Å². The van der Waals surface area contributed by atoms with Crippen LogP contribution < -0.4 is 14.8 Å². The van der Waals surface area contributed by atoms with E-state index in [2.05, 4.69) is 16.4 Å². The van der Waals surface area contributed by atoms with Gasteiger partial charge in [0.2, 0.25) is 5.96 Å². The molecule has 3 N–H and O–H groups in total. The first-order valence-electron chi connectivity index (χ1n) is 9.33. The minimum Gasteiger partial charge on any atom is -0.486 e. The van der Waals surface area contributed by atoms with Gasteiger partial charge in [-0.25, -0.2) is 4.90 Å². The smallest absolute Gasteiger partial charge is 0.204 e. The number of nitrogens with one attached hydrogen (secondary N) is 2. The molecule has 146 valence electrons. The summed E-state index contributed by atoms with van der Waals surface area (Å²) in [6, 6.07) is 7.47. The van der Waals surface area contributed by atoms with Crippen molar-refractivity contribution in [2.45, 2.75) is 25.0 Å². The van der Waals surface area contributed by atoms with Crippen molar-refractivity contribution in [3.8, 4) is 17.7 Å². The summed E-state index contributed by atoms with van der Waals surface area (Å²) in [6.45, 7) is 2.62. The van der Waals surface area contributed by atoms with E-state index in [0.717, 1.165) is 37.4 Å². The molecule has 2 aliphatic rings. The van der Waals surface area contributed by atoms with Gasteiger partial charge in [0.25, 0.3) is 0 Å². The zero-order valence-corrected chi connectivity index (χ0v) is 15.6. The number of aliphatic hydroxyl groups excluding tert-OH is 1. The Labute approximate surface area is 159 Å². The van der Waals surface area contributed by atoms with Crippen LogP contribution in [-0.4, -0.2) is 72.9 Å². The number of aliphatic hydroxyl groups is 1. The number of hydrogen-bond donors (Lipinski definition) is 3. The summed E-state index contributed by atoms with van der Waals surface area (Å²) >= 11 is 0. The molecule has 8 heteroatoms. The number of hydrogen-bond acceptors (Lipinski definition) is 6. The number of benzene rings is 1. The number of para-hydroxylation sites is 2. The average molecular weight is 373 g/mol. The van der Waals surface area contributed by atoms with Gasteiger partial charge in [-0.15, -0.1) is 0 Å². The Morgan fingerprint density at radius 3 is 2.74 bits per heavy atom. The Kier molecular flexibility index (Phi) is 6.37. The molecule has 27 heavy (non-hydrogen) atoms. The van der Waals surface area contributed by atoms with Crippen LogP contribution in [0.15, 0.2) is 24.3 Å². The fourth-order valence-electron chi connectivity index (χ4n) is 3.74. The van der Waals surface area contributed by atoms with Gasteiger partial charge in [-0.05, 0) is 44.0 Å². The lowest BCUT2D eigenvalue weighted by atomic mass is 9.94. The molecule has 0 amide bonds. The molecule has 0 radical (unpaired) electrons. The molecule has 1 fully saturated rings. The second kappa shape index (κ2) is 8.93. The van der Waals surface area contributed by atoms with Gasteiger partial charge < -0.3 is 19.9 Å². The number of nitriles is 1. The fraction of sp³-hybridized carbons (Fsp3) is 0.579. The average Bonchev–Trinajstić information content (AvgIpc) is 2.73. The monoisotopic (exact) mass is 373 g/mol. The zero-order chi connectivity index (χ0) is 19.2. The van der Waals surface area contributed by atoms with E-state index >= 15 is 0 Å². The normalized spacial score (nSPS) is 21.1. The largest absolute Gasteiger partial charge is 0.486 e. The van der Waals surface area contributed by atoms with E-state index in [-0.39, 0.29) is 24.7 Å². The lowest BCUT2D eigenvalue weighted by molar-refractivity contribution is -0.0214. The molecule has 8 nitrogen and oxygen atoms in total. The minimum absolute atomic E-state index is 0.00951. The molecule has 2 atom stereocenters. The highest BCUT2D eigenvalue weighted by molar-refractivity contribution is 5.77. The van der Waals surface area contributed by atoms with Gasteiger partial charge in [-0.1, -0.05) is 12.1 Å². The quantitative estimate of drug-likeness (QED) is 0.304. The molecule has 1 aromatic carbocycles. The summed E-state index contributed by atoms with van der Waals surface area (Å²) in [4.78, 5) is 3.64. The molecule has 0 aliphatic carbocycles. The molecular formula is C19H27N5O3. The Hall–Kier alpha value is -2.50. The van der Waals surface area contributed by atoms with E-state index < -0.39 is 0 Å². The van der Waals surface area contributed by atoms with Crippen molar-refractivity contribution in [1.29, 1.82) is 10.7 Å². The van der Waals surface area contributed by atoms with Crippen LogP contribution in [0.4, 0.5) is 0 Å². The first kappa shape index (κ1) is 19.3. The highest BCUT2D eigenvalue weighted by Crippen LogP contribution is 2.33. The SMILES string of the molecule is CNC(=N)N(C#N)CC1CCN(C(CO)C2COc3ccccc3O2)CC1. The van der Waals surface area contributed by atoms with Crippen LogP contribution in [0.25, 0.3) is 0 Å². The van der Waals surface area contributed by atoms with Crippen LogP contribution in [-0.2, 0) is 0 Å². The van der Waals surface area contributed by atoms with Gasteiger partial charge in [0.05, 0.1) is 12.6 Å². The van der Waals surface area contributed by atoms with Crippen LogP contribution in [0.3, 0.4) is 0 Å². The van der Waals surface area contributed by atoms with Crippen molar-refractivity contribution in [3.05, 3.63) is 24.3 Å². The summed E-state index contributed by atoms with van der Waals surface area (Å²) in [5.74, 6) is 1.93. The van der Waals surface area contributed by atoms with Crippen molar-refractivity contribution < 1.29 is 14.6 Å². The third-order valence-electron chi connectivity index (χ3n) is 5.33. The second-order valence-corrected chi connectivity index (χ2v) is 6.95. The zero-order valence-electron chi connectivity index (χ0n) is 15.6. The molecule has 0 saturated carbocycles. The number of nitrogens with zero attached hydrogens (tertiary/aromatic N) is 3. The predicted molar refractivity (Wildman–Crippen MR) is 101 cm³/mol. The maximum absolute atomic E-state index is 9.97. The summed E-state index contributed by atoms with van der Waals surface area (Å²) in [6.07, 6.45) is 3.67. The van der Waals surface area contributed by atoms with Gasteiger partial charge in [0, 0.05) is 13.6 Å². The third-order valence-corrected chi connectivity index (χ3v) is 5.33. The van der Waals surface area contributed by atoms with E-state index in [0.29, 0.717) is 19.1 Å². The number of likely N-dealkylation sites (tertiary alicyclic amines) is 1. The highest BCUT2D eigenvalue weighted by Gasteiger charge is 2.35.